The molecule has 1 heterocycles. The Balaban J connectivity index is 1.72. The van der Waals surface area contributed by atoms with Crippen LogP contribution in [0.15, 0.2) is 68.5 Å². The molecular formula is C20H12BrN3O5. The van der Waals surface area contributed by atoms with E-state index in [0.29, 0.717) is 22.4 Å². The number of para-hydroxylation sites is 2. The highest BCUT2D eigenvalue weighted by Gasteiger charge is 2.15. The maximum absolute atomic E-state index is 11.0. The summed E-state index contributed by atoms with van der Waals surface area (Å²) in [5.41, 5.74) is 2.00. The van der Waals surface area contributed by atoms with E-state index in [1.807, 2.05) is 12.1 Å². The van der Waals surface area contributed by atoms with Crippen LogP contribution in [-0.2, 0) is 0 Å². The van der Waals surface area contributed by atoms with Crippen LogP contribution in [0.3, 0.4) is 0 Å². The average Bonchev–Trinajstić information content (AvgIpc) is 3.13. The molecule has 2 N–H and O–H groups in total. The number of oxazole rings is 1. The lowest BCUT2D eigenvalue weighted by atomic mass is 10.1. The number of phenolic OH excluding ortho intramolecular Hbond substituents is 2. The topological polar surface area (TPSA) is 122 Å². The number of nitro groups is 1. The Morgan fingerprint density at radius 1 is 1.14 bits per heavy atom. The molecule has 8 nitrogen and oxygen atoms in total. The van der Waals surface area contributed by atoms with Crippen molar-refractivity contribution in [3.63, 3.8) is 0 Å². The van der Waals surface area contributed by atoms with Gasteiger partial charge in [0.2, 0.25) is 5.89 Å². The number of nitro benzene ring substituents is 1. The second kappa shape index (κ2) is 7.36. The first-order valence-electron chi connectivity index (χ1n) is 8.32. The summed E-state index contributed by atoms with van der Waals surface area (Å²) in [6.45, 7) is 0. The van der Waals surface area contributed by atoms with Gasteiger partial charge in [0.25, 0.3) is 5.69 Å². The van der Waals surface area contributed by atoms with E-state index in [2.05, 4.69) is 25.9 Å². The van der Waals surface area contributed by atoms with Crippen LogP contribution in [0.1, 0.15) is 5.56 Å². The van der Waals surface area contributed by atoms with Crippen LogP contribution in [0.2, 0.25) is 0 Å². The van der Waals surface area contributed by atoms with Crippen molar-refractivity contribution in [1.82, 2.24) is 4.98 Å². The van der Waals surface area contributed by atoms with E-state index >= 15 is 0 Å². The summed E-state index contributed by atoms with van der Waals surface area (Å²) in [7, 11) is 0. The molecule has 29 heavy (non-hydrogen) atoms. The maximum Gasteiger partial charge on any atom is 0.271 e. The lowest BCUT2D eigenvalue weighted by Gasteiger charge is -2.03. The van der Waals surface area contributed by atoms with Crippen molar-refractivity contribution in [3.05, 3.63) is 74.7 Å². The minimum absolute atomic E-state index is 0.0311. The molecule has 1 aromatic heterocycles. The fourth-order valence-corrected chi connectivity index (χ4v) is 3.18. The highest BCUT2D eigenvalue weighted by atomic mass is 79.9. The van der Waals surface area contributed by atoms with Gasteiger partial charge in [-0.1, -0.05) is 12.1 Å². The molecule has 9 heteroatoms. The molecular weight excluding hydrogens is 442 g/mol. The van der Waals surface area contributed by atoms with Gasteiger partial charge in [-0.2, -0.15) is 0 Å². The number of fused-ring (bicyclic) bond motifs is 1. The van der Waals surface area contributed by atoms with Crippen molar-refractivity contribution < 1.29 is 19.6 Å². The number of phenols is 2. The SMILES string of the molecule is O=[N+]([O-])c1cc(Br)c(O)c(C=Nc2ccc(O)c(-c3nc4ccccc4o3)c2)c1. The van der Waals surface area contributed by atoms with E-state index in [0.717, 1.165) is 0 Å². The number of benzene rings is 3. The number of halogens is 1. The quantitative estimate of drug-likeness (QED) is 0.244. The number of aromatic hydroxyl groups is 2. The fourth-order valence-electron chi connectivity index (χ4n) is 2.72. The summed E-state index contributed by atoms with van der Waals surface area (Å²) in [6.07, 6.45) is 1.30. The zero-order valence-electron chi connectivity index (χ0n) is 14.6. The second-order valence-electron chi connectivity index (χ2n) is 6.07. The van der Waals surface area contributed by atoms with Gasteiger partial charge < -0.3 is 14.6 Å². The molecule has 0 saturated heterocycles. The van der Waals surface area contributed by atoms with Crippen LogP contribution in [0.4, 0.5) is 11.4 Å². The molecule has 0 spiro atoms. The summed E-state index contributed by atoms with van der Waals surface area (Å²) in [4.78, 5) is 19.1. The molecule has 0 aliphatic heterocycles. The molecule has 0 unspecified atom stereocenters. The van der Waals surface area contributed by atoms with Gasteiger partial charge in [0.1, 0.15) is 17.0 Å². The number of hydrogen-bond donors (Lipinski definition) is 2. The van der Waals surface area contributed by atoms with Gasteiger partial charge in [-0.05, 0) is 46.3 Å². The Kier molecular flexibility index (Phi) is 4.73. The van der Waals surface area contributed by atoms with Gasteiger partial charge in [0.15, 0.2) is 5.58 Å². The number of hydrogen-bond acceptors (Lipinski definition) is 7. The summed E-state index contributed by atoms with van der Waals surface area (Å²) in [6, 6.07) is 14.2. The monoisotopic (exact) mass is 453 g/mol. The molecule has 0 bridgehead atoms. The molecule has 0 aliphatic rings. The van der Waals surface area contributed by atoms with Crippen LogP contribution < -0.4 is 0 Å². The van der Waals surface area contributed by atoms with E-state index in [9.17, 15) is 20.3 Å². The van der Waals surface area contributed by atoms with Crippen molar-refractivity contribution >= 4 is 44.6 Å². The van der Waals surface area contributed by atoms with Gasteiger partial charge in [0, 0.05) is 23.9 Å². The summed E-state index contributed by atoms with van der Waals surface area (Å²) >= 11 is 3.09. The zero-order chi connectivity index (χ0) is 20.5. The zero-order valence-corrected chi connectivity index (χ0v) is 16.2. The number of aromatic nitrogens is 1. The van der Waals surface area contributed by atoms with Gasteiger partial charge in [0.05, 0.1) is 20.6 Å². The molecule has 144 valence electrons. The van der Waals surface area contributed by atoms with Crippen molar-refractivity contribution in [2.24, 2.45) is 4.99 Å². The third-order valence-corrected chi connectivity index (χ3v) is 4.75. The van der Waals surface area contributed by atoms with Gasteiger partial charge >= 0.3 is 0 Å². The largest absolute Gasteiger partial charge is 0.507 e. The normalized spacial score (nSPS) is 11.3. The van der Waals surface area contributed by atoms with Crippen molar-refractivity contribution in [2.75, 3.05) is 0 Å². The fraction of sp³-hybridized carbons (Fsp3) is 0. The van der Waals surface area contributed by atoms with Crippen LogP contribution >= 0.6 is 15.9 Å². The van der Waals surface area contributed by atoms with E-state index in [-0.39, 0.29) is 33.1 Å². The predicted octanol–water partition coefficient (Wildman–Crippen LogP) is 5.33. The Hall–Kier alpha value is -3.72. The van der Waals surface area contributed by atoms with Gasteiger partial charge in [-0.15, -0.1) is 0 Å². The van der Waals surface area contributed by atoms with E-state index in [1.165, 1.54) is 24.4 Å². The van der Waals surface area contributed by atoms with Gasteiger partial charge in [-0.25, -0.2) is 4.98 Å². The Morgan fingerprint density at radius 3 is 2.69 bits per heavy atom. The molecule has 0 aliphatic carbocycles. The average molecular weight is 454 g/mol. The molecule has 4 rings (SSSR count). The van der Waals surface area contributed by atoms with Crippen LogP contribution in [0, 0.1) is 10.1 Å². The number of nitrogens with zero attached hydrogens (tertiary/aromatic N) is 3. The lowest BCUT2D eigenvalue weighted by Crippen LogP contribution is -1.91. The molecule has 0 radical (unpaired) electrons. The van der Waals surface area contributed by atoms with Crippen molar-refractivity contribution in [2.45, 2.75) is 0 Å². The lowest BCUT2D eigenvalue weighted by molar-refractivity contribution is -0.385. The number of aliphatic imine (C=N–C) groups is 1. The molecule has 0 fully saturated rings. The summed E-state index contributed by atoms with van der Waals surface area (Å²) in [5, 5.41) is 31.3. The second-order valence-corrected chi connectivity index (χ2v) is 6.92. The first-order valence-corrected chi connectivity index (χ1v) is 9.11. The summed E-state index contributed by atoms with van der Waals surface area (Å²) < 4.78 is 5.87. The smallest absolute Gasteiger partial charge is 0.271 e. The third-order valence-electron chi connectivity index (χ3n) is 4.15. The van der Waals surface area contributed by atoms with Crippen LogP contribution in [0.25, 0.3) is 22.6 Å². The first-order chi connectivity index (χ1) is 13.9. The molecule has 3 aromatic carbocycles. The molecule has 0 saturated carbocycles. The maximum atomic E-state index is 11.0. The van der Waals surface area contributed by atoms with Crippen molar-refractivity contribution in [3.8, 4) is 23.0 Å². The van der Waals surface area contributed by atoms with Crippen molar-refractivity contribution in [1.29, 1.82) is 0 Å². The highest BCUT2D eigenvalue weighted by molar-refractivity contribution is 9.10. The van der Waals surface area contributed by atoms with E-state index in [1.54, 1.807) is 24.3 Å². The van der Waals surface area contributed by atoms with E-state index in [4.69, 9.17) is 4.42 Å². The molecule has 4 aromatic rings. The highest BCUT2D eigenvalue weighted by Crippen LogP contribution is 2.35. The Bertz CT molecular complexity index is 1250. The van der Waals surface area contributed by atoms with Crippen LogP contribution in [-0.4, -0.2) is 26.3 Å². The molecule has 0 amide bonds. The van der Waals surface area contributed by atoms with Crippen LogP contribution in [0.5, 0.6) is 11.5 Å². The minimum Gasteiger partial charge on any atom is -0.507 e. The third kappa shape index (κ3) is 3.67. The van der Waals surface area contributed by atoms with E-state index < -0.39 is 4.92 Å². The minimum atomic E-state index is -0.562. The first kappa shape index (κ1) is 18.6. The standard InChI is InChI=1S/C20H12BrN3O5/c21-15-9-13(24(27)28)7-11(19(15)26)10-22-12-5-6-17(25)14(8-12)20-23-16-3-1-2-4-18(16)29-20/h1-10,25-26H. The van der Waals surface area contributed by atoms with Gasteiger partial charge in [-0.3, -0.25) is 15.1 Å². The Labute approximate surface area is 172 Å². The summed E-state index contributed by atoms with van der Waals surface area (Å²) in [5.74, 6) is 0.0374. The number of rotatable bonds is 4. The Morgan fingerprint density at radius 2 is 1.93 bits per heavy atom. The molecule has 0 atom stereocenters. The number of non-ortho nitro benzene ring substituents is 1. The predicted molar refractivity (Wildman–Crippen MR) is 111 cm³/mol.